The predicted octanol–water partition coefficient (Wildman–Crippen LogP) is 22.9. The van der Waals surface area contributed by atoms with Crippen molar-refractivity contribution in [2.75, 3.05) is 113 Å². The normalized spacial score (nSPS) is 19.1. The Morgan fingerprint density at radius 2 is 0.939 bits per heavy atom. The molecule has 0 bridgehead atoms. The summed E-state index contributed by atoms with van der Waals surface area (Å²) >= 11 is 12.4. The van der Waals surface area contributed by atoms with Crippen molar-refractivity contribution in [1.82, 2.24) is 59.5 Å². The standard InChI is InChI=1S/C29H35N3O3S.C29H33N3O3S.C28H28ClN5O3S.C25H31F3N4O4S/c2*1-18-8-6-9-19-10-7-11-21(25(18)19)24-16-23-22(17-34-24)26(31-27(30-23)36-5)20-12-14-32(15-13-20)28(33)35-29(2,3)4;1-30-15-20-16-33(12-13-34(20)28(35)37-17-19-8-4-3-5-9-19)26-22-18-36-25(21-10-6-7-11-23(21)29)14-24(22)31-27(32-26)38-2;1-24(2,3)36-23(34)31-9-10-32(15(12-31)13-33)21-17-14-35-20(11-19(17)29-22(30-21)37-4)16-7-5-6-8-18(16)25(26,27)28/h6-11,20,24H,12-17H2,1-5H3;6-12,24H,13-17H2,1-5H3;3-11,20,25H,12-18H2,2H3;5-8,15,20,33H,9-14H2,1-4H3/t;;20-,25?;15-,20?/m..01/s1. The average molecular weight is 2100 g/mol. The molecule has 4 unspecified atom stereocenters. The summed E-state index contributed by atoms with van der Waals surface area (Å²) < 4.78 is 88.3. The zero-order valence-electron chi connectivity index (χ0n) is 85.7. The van der Waals surface area contributed by atoms with E-state index in [0.717, 1.165) is 110 Å². The van der Waals surface area contributed by atoms with Crippen LogP contribution in [0.3, 0.4) is 0 Å². The maximum Gasteiger partial charge on any atom is 0.416 e. The Hall–Kier alpha value is -11.4. The van der Waals surface area contributed by atoms with Gasteiger partial charge in [0, 0.05) is 124 Å². The minimum Gasteiger partial charge on any atom is -0.445 e. The Morgan fingerprint density at radius 3 is 1.47 bits per heavy atom. The third-order valence-corrected chi connectivity index (χ3v) is 29.5. The summed E-state index contributed by atoms with van der Waals surface area (Å²) in [4.78, 5) is 104. The molecule has 8 aliphatic rings. The number of ether oxygens (including phenoxy) is 8. The van der Waals surface area contributed by atoms with Crippen LogP contribution >= 0.6 is 58.6 Å². The molecule has 11 aromatic rings. The topological polar surface area (TPSA) is 289 Å². The van der Waals surface area contributed by atoms with Crippen molar-refractivity contribution in [3.63, 3.8) is 0 Å². The Kier molecular flexibility index (Phi) is 35.1. The first-order chi connectivity index (χ1) is 70.4. The van der Waals surface area contributed by atoms with E-state index in [1.165, 1.54) is 79.5 Å². The van der Waals surface area contributed by atoms with Crippen molar-refractivity contribution in [3.05, 3.63) is 275 Å². The first kappa shape index (κ1) is 108. The number of alkyl halides is 3. The number of halogens is 4. The lowest BCUT2D eigenvalue weighted by Gasteiger charge is -2.42. The number of benzene rings is 7. The largest absolute Gasteiger partial charge is 0.445 e. The summed E-state index contributed by atoms with van der Waals surface area (Å²) in [7, 11) is 0. The average Bonchev–Trinajstić information content (AvgIpc) is 0.767. The molecule has 4 amide bonds. The van der Waals surface area contributed by atoms with Crippen LogP contribution in [-0.2, 0) is 103 Å². The number of hydrogen-bond donors (Lipinski definition) is 1. The van der Waals surface area contributed by atoms with Crippen molar-refractivity contribution >= 4 is 122 Å². The lowest BCUT2D eigenvalue weighted by Crippen LogP contribution is -2.57. The van der Waals surface area contributed by atoms with Crippen LogP contribution in [0.2, 0.25) is 5.02 Å². The molecule has 8 aliphatic heterocycles. The summed E-state index contributed by atoms with van der Waals surface area (Å²) in [6.45, 7) is 35.0. The highest BCUT2D eigenvalue weighted by Crippen LogP contribution is 2.47. The lowest BCUT2D eigenvalue weighted by molar-refractivity contribution is -0.139. The zero-order valence-corrected chi connectivity index (χ0v) is 89.7. The number of anilines is 2. The number of aryl methyl sites for hydroxylation is 2. The molecule has 0 saturated carbocycles. The van der Waals surface area contributed by atoms with E-state index in [4.69, 9.17) is 86.0 Å². The Bertz CT molecular complexity index is 6670. The number of piperidine rings is 1. The summed E-state index contributed by atoms with van der Waals surface area (Å²) in [5.74, 6) is 1.66. The molecule has 28 nitrogen and oxygen atoms in total. The minimum atomic E-state index is -4.50. The fraction of sp³-hybridized carbons (Fsp3) is 0.450. The third kappa shape index (κ3) is 26.4. The van der Waals surface area contributed by atoms with Gasteiger partial charge < -0.3 is 72.3 Å². The molecule has 1 N–H and O–H groups in total. The highest BCUT2D eigenvalue weighted by atomic mass is 35.5. The van der Waals surface area contributed by atoms with Gasteiger partial charge in [-0.15, -0.1) is 0 Å². The number of carbonyl (C=O) groups is 4. The minimum absolute atomic E-state index is 0.0284. The van der Waals surface area contributed by atoms with Crippen LogP contribution in [0.1, 0.15) is 213 Å². The van der Waals surface area contributed by atoms with Gasteiger partial charge in [-0.1, -0.05) is 204 Å². The summed E-state index contributed by atoms with van der Waals surface area (Å²) in [5.41, 5.74) is 15.3. The predicted molar refractivity (Wildman–Crippen MR) is 567 cm³/mol. The van der Waals surface area contributed by atoms with Crippen LogP contribution in [0.4, 0.5) is 44.0 Å². The van der Waals surface area contributed by atoms with E-state index in [-0.39, 0.29) is 87.4 Å². The number of amides is 4. The number of piperazine rings is 2. The number of aliphatic hydroxyl groups excluding tert-OH is 1. The number of fused-ring (bicyclic) bond motifs is 6. The van der Waals surface area contributed by atoms with Gasteiger partial charge in [-0.05, 0) is 199 Å². The second-order valence-electron chi connectivity index (χ2n) is 40.4. The second-order valence-corrected chi connectivity index (χ2v) is 43.9. The van der Waals surface area contributed by atoms with Gasteiger partial charge in [0.25, 0.3) is 0 Å². The molecule has 776 valence electrons. The Balaban J connectivity index is 0.000000140. The summed E-state index contributed by atoms with van der Waals surface area (Å²) in [5, 5.41) is 18.6. The number of aromatic nitrogens is 8. The van der Waals surface area contributed by atoms with Gasteiger partial charge in [0.15, 0.2) is 20.6 Å². The monoisotopic (exact) mass is 2100 g/mol. The smallest absolute Gasteiger partial charge is 0.416 e. The maximum atomic E-state index is 13.6. The quantitative estimate of drug-likeness (QED) is 0.0407. The van der Waals surface area contributed by atoms with Gasteiger partial charge in [0.05, 0.1) is 103 Å². The molecule has 4 aromatic heterocycles. The molecule has 36 heteroatoms. The first-order valence-corrected chi connectivity index (χ1v) is 54.9. The highest BCUT2D eigenvalue weighted by Gasteiger charge is 2.43. The fourth-order valence-electron chi connectivity index (χ4n) is 19.9. The number of thioether (sulfide) groups is 4. The molecule has 0 radical (unpaired) electrons. The van der Waals surface area contributed by atoms with Gasteiger partial charge in [0.1, 0.15) is 41.1 Å². The van der Waals surface area contributed by atoms with Crippen molar-refractivity contribution in [3.8, 4) is 0 Å². The Morgan fingerprint density at radius 1 is 0.476 bits per heavy atom. The van der Waals surface area contributed by atoms with E-state index < -0.39 is 52.9 Å². The van der Waals surface area contributed by atoms with E-state index in [2.05, 4.69) is 112 Å². The third-order valence-electron chi connectivity index (χ3n) is 26.9. The number of aliphatic hydroxyl groups is 1. The molecular formula is C111H127ClF3N15O13S4. The van der Waals surface area contributed by atoms with E-state index >= 15 is 0 Å². The van der Waals surface area contributed by atoms with Gasteiger partial charge in [-0.2, -0.15) is 13.2 Å². The summed E-state index contributed by atoms with van der Waals surface area (Å²) in [6.07, 6.45) is 7.65. The van der Waals surface area contributed by atoms with Crippen molar-refractivity contribution < 1.29 is 75.4 Å². The molecule has 3 saturated heterocycles. The number of hydrogen-bond acceptors (Lipinski definition) is 27. The second kappa shape index (κ2) is 47.6. The van der Waals surface area contributed by atoms with Crippen LogP contribution in [0.15, 0.2) is 178 Å². The molecule has 0 aliphatic carbocycles. The summed E-state index contributed by atoms with van der Waals surface area (Å²) in [6, 6.07) is 47.8. The number of nitrogens with zero attached hydrogens (tertiary/aromatic N) is 15. The van der Waals surface area contributed by atoms with Gasteiger partial charge in [0.2, 0.25) is 6.54 Å². The molecule has 0 spiro atoms. The van der Waals surface area contributed by atoms with Gasteiger partial charge in [-0.3, -0.25) is 4.90 Å². The van der Waals surface area contributed by atoms with E-state index in [1.807, 2.05) is 131 Å². The van der Waals surface area contributed by atoms with Gasteiger partial charge in [-0.25, -0.2) is 65.6 Å². The molecule has 3 fully saturated rings. The number of carbonyl (C=O) groups excluding carboxylic acids is 4. The van der Waals surface area contributed by atoms with Crippen molar-refractivity contribution in [2.45, 2.75) is 240 Å². The van der Waals surface area contributed by atoms with Crippen LogP contribution in [0.25, 0.3) is 32.0 Å². The lowest BCUT2D eigenvalue weighted by atomic mass is 9.87. The van der Waals surface area contributed by atoms with Crippen molar-refractivity contribution in [2.24, 2.45) is 0 Å². The van der Waals surface area contributed by atoms with Crippen LogP contribution in [0, 0.1) is 20.4 Å². The number of likely N-dealkylation sites (tertiary alicyclic amines) is 1. The zero-order chi connectivity index (χ0) is 104. The molecule has 147 heavy (non-hydrogen) atoms. The maximum absolute atomic E-state index is 13.6. The SMILES string of the molecule is CSc1nc2c(c(C3=CCN(C(=O)OC(C)(C)C)CC3)n1)COC(c1cccc3cccc(C)c13)C2.CSc1nc2c(c(C3CCN(C(=O)OC(C)(C)C)CC3)n1)COC(c1cccc3cccc(C)c13)C2.CSc1nc2c(c(N3CCN(C(=O)OC(C)(C)C)C[C@@H]3CO)n1)COC(c1ccccc1C(F)(F)F)C2.[C-]#[N+]C[C@H]1CN(c2nc(SC)nc3c2COC(c2ccccc2Cl)C3)CCN1C(=O)OCc1ccccc1. The first-order valence-electron chi connectivity index (χ1n) is 49.6. The number of rotatable bonds is 16. The Labute approximate surface area is 879 Å². The van der Waals surface area contributed by atoms with Crippen molar-refractivity contribution in [1.29, 1.82) is 0 Å². The van der Waals surface area contributed by atoms with E-state index in [0.29, 0.717) is 124 Å². The molecule has 6 atom stereocenters. The fourth-order valence-corrected chi connectivity index (χ4v) is 21.6. The van der Waals surface area contributed by atoms with Gasteiger partial charge >= 0.3 is 30.5 Å². The molecule has 7 aromatic carbocycles. The molecular weight excluding hydrogens is 1970 g/mol. The van der Waals surface area contributed by atoms with Crippen LogP contribution in [-0.4, -0.2) is 221 Å². The van der Waals surface area contributed by atoms with E-state index in [9.17, 15) is 37.5 Å². The van der Waals surface area contributed by atoms with Crippen LogP contribution in [0.5, 0.6) is 0 Å². The molecule has 19 rings (SSSR count). The van der Waals surface area contributed by atoms with Crippen LogP contribution < -0.4 is 9.80 Å². The highest BCUT2D eigenvalue weighted by molar-refractivity contribution is 7.99. The molecule has 12 heterocycles. The van der Waals surface area contributed by atoms with E-state index in [1.54, 1.807) is 65.1 Å².